The molecule has 9 heteroatoms. The van der Waals surface area contributed by atoms with Crippen molar-refractivity contribution in [2.45, 2.75) is 56.6 Å². The summed E-state index contributed by atoms with van der Waals surface area (Å²) in [6, 6.07) is 5.65. The molecule has 7 nitrogen and oxygen atoms in total. The maximum Gasteiger partial charge on any atom is 0.241 e. The zero-order valence-corrected chi connectivity index (χ0v) is 17.8. The summed E-state index contributed by atoms with van der Waals surface area (Å²) in [6.45, 7) is 6.57. The Morgan fingerprint density at radius 3 is 2.41 bits per heavy atom. The largest absolute Gasteiger partial charge is 0.497 e. The number of amides is 1. The third-order valence-corrected chi connectivity index (χ3v) is 6.03. The molecule has 1 aromatic carbocycles. The van der Waals surface area contributed by atoms with Gasteiger partial charge in [-0.1, -0.05) is 13.8 Å². The van der Waals surface area contributed by atoms with E-state index in [9.17, 15) is 13.2 Å². The Hall–Kier alpha value is -1.35. The Bertz CT molecular complexity index is 710. The van der Waals surface area contributed by atoms with Crippen molar-refractivity contribution in [3.8, 4) is 5.75 Å². The summed E-state index contributed by atoms with van der Waals surface area (Å²) in [4.78, 5) is 12.8. The van der Waals surface area contributed by atoms with Crippen molar-refractivity contribution in [2.24, 2.45) is 5.92 Å². The number of nitrogens with one attached hydrogen (secondary N) is 3. The molecule has 0 radical (unpaired) electrons. The minimum absolute atomic E-state index is 0. The van der Waals surface area contributed by atoms with Crippen molar-refractivity contribution in [3.63, 3.8) is 0 Å². The van der Waals surface area contributed by atoms with E-state index in [1.807, 2.05) is 13.8 Å². The number of ether oxygens (including phenoxy) is 1. The summed E-state index contributed by atoms with van der Waals surface area (Å²) in [5.74, 6) is 0.112. The van der Waals surface area contributed by atoms with Crippen molar-refractivity contribution >= 4 is 28.3 Å². The normalized spacial score (nSPS) is 21.2. The smallest absolute Gasteiger partial charge is 0.241 e. The summed E-state index contributed by atoms with van der Waals surface area (Å²) in [5.41, 5.74) is 0. The van der Waals surface area contributed by atoms with Crippen molar-refractivity contribution < 1.29 is 17.9 Å². The molecule has 0 spiro atoms. The minimum Gasteiger partial charge on any atom is -0.497 e. The minimum atomic E-state index is -3.80. The van der Waals surface area contributed by atoms with Crippen LogP contribution in [0.3, 0.4) is 0 Å². The van der Waals surface area contributed by atoms with E-state index in [0.29, 0.717) is 11.8 Å². The molecule has 0 bridgehead atoms. The molecule has 27 heavy (non-hydrogen) atoms. The third kappa shape index (κ3) is 6.64. The first-order valence-corrected chi connectivity index (χ1v) is 10.4. The Kier molecular flexibility index (Phi) is 9.01. The highest BCUT2D eigenvalue weighted by Gasteiger charge is 2.30. The summed E-state index contributed by atoms with van der Waals surface area (Å²) in [5, 5.41) is 6.33. The van der Waals surface area contributed by atoms with Crippen LogP contribution in [0.15, 0.2) is 29.2 Å². The molecule has 0 aliphatic carbocycles. The van der Waals surface area contributed by atoms with Gasteiger partial charge in [-0.15, -0.1) is 12.4 Å². The number of halogens is 1. The molecule has 154 valence electrons. The van der Waals surface area contributed by atoms with Crippen molar-refractivity contribution in [3.05, 3.63) is 24.3 Å². The number of hydrogen-bond acceptors (Lipinski definition) is 5. The fourth-order valence-electron chi connectivity index (χ4n) is 3.04. The number of methoxy groups -OCH3 is 1. The number of piperidine rings is 1. The van der Waals surface area contributed by atoms with Crippen molar-refractivity contribution in [2.75, 3.05) is 13.7 Å². The highest BCUT2D eigenvalue weighted by atomic mass is 35.5. The molecule has 1 aliphatic heterocycles. The zero-order valence-electron chi connectivity index (χ0n) is 16.2. The van der Waals surface area contributed by atoms with Crippen molar-refractivity contribution in [1.29, 1.82) is 0 Å². The third-order valence-electron chi connectivity index (χ3n) is 4.57. The van der Waals surface area contributed by atoms with Crippen LogP contribution in [-0.4, -0.2) is 46.1 Å². The lowest BCUT2D eigenvalue weighted by Crippen LogP contribution is -2.54. The molecule has 3 atom stereocenters. The fraction of sp³-hybridized carbons (Fsp3) is 0.611. The monoisotopic (exact) mass is 419 g/mol. The van der Waals surface area contributed by atoms with E-state index in [1.54, 1.807) is 12.1 Å². The van der Waals surface area contributed by atoms with Crippen LogP contribution in [0, 0.1) is 5.92 Å². The molecule has 1 saturated heterocycles. The highest BCUT2D eigenvalue weighted by molar-refractivity contribution is 7.89. The van der Waals surface area contributed by atoms with E-state index < -0.39 is 16.1 Å². The summed E-state index contributed by atoms with van der Waals surface area (Å²) in [6.07, 6.45) is 1.67. The standard InChI is InChI=1S/C18H29N3O4S.ClH/c1-12(2)17(18(22)20-14-9-10-19-13(3)11-14)21-26(23,24)16-7-5-15(25-4)6-8-16;/h5-8,12-14,17,19,21H,9-11H2,1-4H3,(H,20,22);1H. The Morgan fingerprint density at radius 1 is 1.26 bits per heavy atom. The molecule has 1 aliphatic rings. The van der Waals surface area contributed by atoms with Gasteiger partial charge in [-0.3, -0.25) is 4.79 Å². The maximum absolute atomic E-state index is 12.7. The summed E-state index contributed by atoms with van der Waals surface area (Å²) < 4.78 is 32.9. The molecule has 3 N–H and O–H groups in total. The van der Waals surface area contributed by atoms with Gasteiger partial charge in [-0.2, -0.15) is 4.72 Å². The first kappa shape index (κ1) is 23.7. The van der Waals surface area contributed by atoms with E-state index in [2.05, 4.69) is 22.3 Å². The maximum atomic E-state index is 12.7. The molecule has 1 fully saturated rings. The average molecular weight is 420 g/mol. The molecule has 2 rings (SSSR count). The summed E-state index contributed by atoms with van der Waals surface area (Å²) >= 11 is 0. The van der Waals surface area contributed by atoms with Crippen LogP contribution in [0.5, 0.6) is 5.75 Å². The second-order valence-corrected chi connectivity index (χ2v) is 8.82. The van der Waals surface area contributed by atoms with Gasteiger partial charge in [-0.05, 0) is 56.5 Å². The number of sulfonamides is 1. The second-order valence-electron chi connectivity index (χ2n) is 7.10. The van der Waals surface area contributed by atoms with Gasteiger partial charge in [-0.25, -0.2) is 8.42 Å². The van der Waals surface area contributed by atoms with Crippen LogP contribution in [0.1, 0.15) is 33.6 Å². The zero-order chi connectivity index (χ0) is 19.3. The molecule has 1 amide bonds. The number of carbonyl (C=O) groups excluding carboxylic acids is 1. The second kappa shape index (κ2) is 10.3. The first-order chi connectivity index (χ1) is 12.2. The molecule has 0 aromatic heterocycles. The lowest BCUT2D eigenvalue weighted by molar-refractivity contribution is -0.124. The van der Waals surface area contributed by atoms with E-state index in [4.69, 9.17) is 4.74 Å². The van der Waals surface area contributed by atoms with Gasteiger partial charge < -0.3 is 15.4 Å². The van der Waals surface area contributed by atoms with Crippen LogP contribution in [0.4, 0.5) is 0 Å². The van der Waals surface area contributed by atoms with Crippen LogP contribution in [-0.2, 0) is 14.8 Å². The molecule has 0 saturated carbocycles. The van der Waals surface area contributed by atoms with Gasteiger partial charge in [0, 0.05) is 12.1 Å². The van der Waals surface area contributed by atoms with Crippen LogP contribution >= 0.6 is 12.4 Å². The average Bonchev–Trinajstić information content (AvgIpc) is 2.59. The Labute approximate surface area is 168 Å². The molecular weight excluding hydrogens is 390 g/mol. The topological polar surface area (TPSA) is 96.5 Å². The summed E-state index contributed by atoms with van der Waals surface area (Å²) in [7, 11) is -2.29. The number of benzene rings is 1. The van der Waals surface area contributed by atoms with E-state index in [1.165, 1.54) is 19.2 Å². The van der Waals surface area contributed by atoms with E-state index in [-0.39, 0.29) is 35.2 Å². The molecular formula is C18H30ClN3O4S. The van der Waals surface area contributed by atoms with E-state index >= 15 is 0 Å². The van der Waals surface area contributed by atoms with Gasteiger partial charge in [0.05, 0.1) is 12.0 Å². The van der Waals surface area contributed by atoms with Gasteiger partial charge in [0.2, 0.25) is 15.9 Å². The van der Waals surface area contributed by atoms with E-state index in [0.717, 1.165) is 19.4 Å². The number of hydrogen-bond donors (Lipinski definition) is 3. The Morgan fingerprint density at radius 2 is 1.89 bits per heavy atom. The van der Waals surface area contributed by atoms with Crippen LogP contribution in [0.25, 0.3) is 0 Å². The highest BCUT2D eigenvalue weighted by Crippen LogP contribution is 2.17. The number of rotatable bonds is 7. The molecule has 1 aromatic rings. The Balaban J connectivity index is 0.00000364. The lowest BCUT2D eigenvalue weighted by Gasteiger charge is -2.31. The van der Waals surface area contributed by atoms with Gasteiger partial charge in [0.25, 0.3) is 0 Å². The molecule has 1 heterocycles. The van der Waals surface area contributed by atoms with Crippen LogP contribution in [0.2, 0.25) is 0 Å². The lowest BCUT2D eigenvalue weighted by atomic mass is 9.99. The van der Waals surface area contributed by atoms with Crippen LogP contribution < -0.4 is 20.1 Å². The SMILES string of the molecule is COc1ccc(S(=O)(=O)NC(C(=O)NC2CCNC(C)C2)C(C)C)cc1.Cl. The van der Waals surface area contributed by atoms with Gasteiger partial charge in [0.15, 0.2) is 0 Å². The fourth-order valence-corrected chi connectivity index (χ4v) is 4.38. The quantitative estimate of drug-likeness (QED) is 0.624. The van der Waals surface area contributed by atoms with Gasteiger partial charge >= 0.3 is 0 Å². The predicted octanol–water partition coefficient (Wildman–Crippen LogP) is 1.68. The predicted molar refractivity (Wildman–Crippen MR) is 108 cm³/mol. The van der Waals surface area contributed by atoms with Crippen molar-refractivity contribution in [1.82, 2.24) is 15.4 Å². The molecule has 3 unspecified atom stereocenters. The first-order valence-electron chi connectivity index (χ1n) is 8.93. The van der Waals surface area contributed by atoms with Gasteiger partial charge in [0.1, 0.15) is 11.8 Å². The number of carbonyl (C=O) groups is 1.